The van der Waals surface area contributed by atoms with E-state index in [0.29, 0.717) is 22.2 Å². The maximum absolute atomic E-state index is 10.7. The predicted molar refractivity (Wildman–Crippen MR) is 82.0 cm³/mol. The molecular formula is C15H15ClN2O3. The van der Waals surface area contributed by atoms with Crippen LogP contribution >= 0.6 is 11.6 Å². The molecule has 2 aromatic rings. The third-order valence-corrected chi connectivity index (χ3v) is 3.14. The van der Waals surface area contributed by atoms with Crippen LogP contribution in [0.1, 0.15) is 18.5 Å². The van der Waals surface area contributed by atoms with Gasteiger partial charge in [-0.15, -0.1) is 0 Å². The summed E-state index contributed by atoms with van der Waals surface area (Å²) < 4.78 is 5.70. The van der Waals surface area contributed by atoms with E-state index in [4.69, 9.17) is 27.2 Å². The number of rotatable bonds is 4. The van der Waals surface area contributed by atoms with Crippen molar-refractivity contribution < 1.29 is 14.6 Å². The van der Waals surface area contributed by atoms with Crippen molar-refractivity contribution in [2.75, 3.05) is 5.73 Å². The number of carbonyl (C=O) groups is 1. The molecular weight excluding hydrogens is 292 g/mol. The highest BCUT2D eigenvalue weighted by molar-refractivity contribution is 6.30. The molecule has 1 amide bonds. The molecule has 0 saturated heterocycles. The zero-order valence-electron chi connectivity index (χ0n) is 11.3. The molecule has 0 aliphatic heterocycles. The lowest BCUT2D eigenvalue weighted by atomic mass is 10.1. The Morgan fingerprint density at radius 1 is 1.33 bits per heavy atom. The molecule has 0 unspecified atom stereocenters. The van der Waals surface area contributed by atoms with E-state index in [2.05, 4.69) is 5.32 Å². The summed E-state index contributed by atoms with van der Waals surface area (Å²) in [5, 5.41) is 11.7. The molecule has 0 aliphatic carbocycles. The molecule has 21 heavy (non-hydrogen) atoms. The number of nitrogen functional groups attached to an aromatic ring is 1. The van der Waals surface area contributed by atoms with Crippen molar-refractivity contribution in [2.24, 2.45) is 0 Å². The van der Waals surface area contributed by atoms with Crippen molar-refractivity contribution in [2.45, 2.75) is 13.0 Å². The van der Waals surface area contributed by atoms with E-state index in [0.717, 1.165) is 5.56 Å². The summed E-state index contributed by atoms with van der Waals surface area (Å²) in [4.78, 5) is 10.7. The van der Waals surface area contributed by atoms with Crippen LogP contribution in [0, 0.1) is 0 Å². The van der Waals surface area contributed by atoms with Crippen LogP contribution in [0.25, 0.3) is 0 Å². The quantitative estimate of drug-likeness (QED) is 0.744. The van der Waals surface area contributed by atoms with E-state index in [-0.39, 0.29) is 6.04 Å². The maximum Gasteiger partial charge on any atom is 0.405 e. The van der Waals surface area contributed by atoms with Gasteiger partial charge in [-0.2, -0.15) is 0 Å². The van der Waals surface area contributed by atoms with Crippen molar-refractivity contribution >= 4 is 23.4 Å². The Morgan fingerprint density at radius 3 is 2.81 bits per heavy atom. The molecule has 4 N–H and O–H groups in total. The van der Waals surface area contributed by atoms with Crippen molar-refractivity contribution in [3.05, 3.63) is 53.1 Å². The normalized spacial score (nSPS) is 11.7. The number of carboxylic acid groups (broad SMARTS) is 1. The second-order valence-corrected chi connectivity index (χ2v) is 4.96. The second kappa shape index (κ2) is 6.37. The van der Waals surface area contributed by atoms with Gasteiger partial charge in [0.1, 0.15) is 5.75 Å². The van der Waals surface area contributed by atoms with Gasteiger partial charge in [-0.05, 0) is 36.8 Å². The Hall–Kier alpha value is -2.40. The highest BCUT2D eigenvalue weighted by Crippen LogP contribution is 2.31. The van der Waals surface area contributed by atoms with Crippen LogP contribution < -0.4 is 15.8 Å². The molecule has 0 fully saturated rings. The molecule has 0 aliphatic rings. The van der Waals surface area contributed by atoms with Gasteiger partial charge in [0.05, 0.1) is 11.7 Å². The Balaban J connectivity index is 2.21. The summed E-state index contributed by atoms with van der Waals surface area (Å²) in [6.07, 6.45) is -1.08. The smallest absolute Gasteiger partial charge is 0.405 e. The first-order valence-electron chi connectivity index (χ1n) is 6.28. The van der Waals surface area contributed by atoms with Crippen LogP contribution in [0.3, 0.4) is 0 Å². The molecule has 0 saturated carbocycles. The molecule has 0 heterocycles. The number of anilines is 1. The van der Waals surface area contributed by atoms with Crippen LogP contribution in [0.2, 0.25) is 5.02 Å². The fourth-order valence-electron chi connectivity index (χ4n) is 1.84. The number of nitrogens with two attached hydrogens (primary N) is 1. The molecule has 2 rings (SSSR count). The molecule has 0 spiro atoms. The number of benzene rings is 2. The zero-order chi connectivity index (χ0) is 15.4. The van der Waals surface area contributed by atoms with Crippen LogP contribution in [-0.4, -0.2) is 11.2 Å². The number of hydrogen-bond donors (Lipinski definition) is 3. The van der Waals surface area contributed by atoms with Gasteiger partial charge in [0.15, 0.2) is 5.75 Å². The van der Waals surface area contributed by atoms with E-state index in [9.17, 15) is 4.79 Å². The highest BCUT2D eigenvalue weighted by atomic mass is 35.5. The van der Waals surface area contributed by atoms with Gasteiger partial charge in [0.25, 0.3) is 0 Å². The van der Waals surface area contributed by atoms with E-state index in [1.165, 1.54) is 0 Å². The van der Waals surface area contributed by atoms with Gasteiger partial charge in [-0.3, -0.25) is 0 Å². The minimum Gasteiger partial charge on any atom is -0.465 e. The third-order valence-electron chi connectivity index (χ3n) is 2.90. The molecule has 5 nitrogen and oxygen atoms in total. The van der Waals surface area contributed by atoms with Crippen molar-refractivity contribution in [1.29, 1.82) is 0 Å². The standard InChI is InChI=1S/C15H15ClN2O3/c1-9(18-15(19)20)10-3-2-4-12(7-10)21-14-8-11(16)5-6-13(14)17/h2-9,18H,17H2,1H3,(H,19,20)/t9-/m0/s1. The van der Waals surface area contributed by atoms with E-state index in [1.807, 2.05) is 6.07 Å². The van der Waals surface area contributed by atoms with Gasteiger partial charge in [-0.1, -0.05) is 23.7 Å². The summed E-state index contributed by atoms with van der Waals surface area (Å²) in [6.45, 7) is 1.75. The lowest BCUT2D eigenvalue weighted by Gasteiger charge is -2.14. The lowest BCUT2D eigenvalue weighted by molar-refractivity contribution is 0.191. The molecule has 1 atom stereocenters. The Morgan fingerprint density at radius 2 is 2.10 bits per heavy atom. The van der Waals surface area contributed by atoms with E-state index < -0.39 is 6.09 Å². The average molecular weight is 307 g/mol. The maximum atomic E-state index is 10.7. The largest absolute Gasteiger partial charge is 0.465 e. The van der Waals surface area contributed by atoms with Crippen molar-refractivity contribution in [1.82, 2.24) is 5.32 Å². The number of nitrogens with one attached hydrogen (secondary N) is 1. The van der Waals surface area contributed by atoms with Gasteiger partial charge < -0.3 is 20.9 Å². The van der Waals surface area contributed by atoms with Gasteiger partial charge >= 0.3 is 6.09 Å². The van der Waals surface area contributed by atoms with Gasteiger partial charge in [-0.25, -0.2) is 4.79 Å². The van der Waals surface area contributed by atoms with Crippen LogP contribution in [0.5, 0.6) is 11.5 Å². The molecule has 0 radical (unpaired) electrons. The Labute approximate surface area is 127 Å². The van der Waals surface area contributed by atoms with Gasteiger partial charge in [0, 0.05) is 11.1 Å². The molecule has 0 bridgehead atoms. The SMILES string of the molecule is C[C@H](NC(=O)O)c1cccc(Oc2cc(Cl)ccc2N)c1. The molecule has 6 heteroatoms. The lowest BCUT2D eigenvalue weighted by Crippen LogP contribution is -2.24. The number of ether oxygens (including phenoxy) is 1. The predicted octanol–water partition coefficient (Wildman–Crippen LogP) is 4.04. The number of halogens is 1. The molecule has 0 aromatic heterocycles. The van der Waals surface area contributed by atoms with E-state index >= 15 is 0 Å². The van der Waals surface area contributed by atoms with Crippen molar-refractivity contribution in [3.8, 4) is 11.5 Å². The topological polar surface area (TPSA) is 84.6 Å². The summed E-state index contributed by atoms with van der Waals surface area (Å²) in [7, 11) is 0. The summed E-state index contributed by atoms with van der Waals surface area (Å²) in [5.74, 6) is 1.01. The first-order chi connectivity index (χ1) is 9.95. The van der Waals surface area contributed by atoms with Gasteiger partial charge in [0.2, 0.25) is 0 Å². The fraction of sp³-hybridized carbons (Fsp3) is 0.133. The summed E-state index contributed by atoms with van der Waals surface area (Å²) >= 11 is 5.91. The minimum atomic E-state index is -1.08. The van der Waals surface area contributed by atoms with Crippen LogP contribution in [0.15, 0.2) is 42.5 Å². The van der Waals surface area contributed by atoms with Crippen LogP contribution in [0.4, 0.5) is 10.5 Å². The summed E-state index contributed by atoms with van der Waals surface area (Å²) in [5.41, 5.74) is 7.09. The highest BCUT2D eigenvalue weighted by Gasteiger charge is 2.10. The van der Waals surface area contributed by atoms with E-state index in [1.54, 1.807) is 43.3 Å². The monoisotopic (exact) mass is 306 g/mol. The van der Waals surface area contributed by atoms with Crippen LogP contribution in [-0.2, 0) is 0 Å². The fourth-order valence-corrected chi connectivity index (χ4v) is 2.00. The third kappa shape index (κ3) is 4.03. The summed E-state index contributed by atoms with van der Waals surface area (Å²) in [6, 6.07) is 11.7. The minimum absolute atomic E-state index is 0.345. The zero-order valence-corrected chi connectivity index (χ0v) is 12.1. The number of amides is 1. The first kappa shape index (κ1) is 15.0. The molecule has 2 aromatic carbocycles. The Kier molecular flexibility index (Phi) is 4.55. The Bertz CT molecular complexity index is 661. The first-order valence-corrected chi connectivity index (χ1v) is 6.66. The average Bonchev–Trinajstić information content (AvgIpc) is 2.42. The number of hydrogen-bond acceptors (Lipinski definition) is 3. The van der Waals surface area contributed by atoms with Crippen molar-refractivity contribution in [3.63, 3.8) is 0 Å². The molecule has 110 valence electrons. The second-order valence-electron chi connectivity index (χ2n) is 4.53.